The zero-order valence-electron chi connectivity index (χ0n) is 36.3. The van der Waals surface area contributed by atoms with Crippen LogP contribution >= 0.6 is 0 Å². The van der Waals surface area contributed by atoms with Crippen LogP contribution in [-0.4, -0.2) is 75.9 Å². The number of alkyl halides is 6. The number of nitrogens with zero attached hydrogens (tertiary/aromatic N) is 7. The molecule has 17 nitrogen and oxygen atoms in total. The number of hydrogen-bond acceptors (Lipinski definition) is 15. The maximum absolute atomic E-state index is 13.6. The van der Waals surface area contributed by atoms with E-state index < -0.39 is 59.2 Å². The Morgan fingerprint density at radius 2 is 1.42 bits per heavy atom. The lowest BCUT2D eigenvalue weighted by atomic mass is 10.1. The summed E-state index contributed by atoms with van der Waals surface area (Å²) in [6.07, 6.45) is -8.05. The molecule has 1 aromatic heterocycles. The van der Waals surface area contributed by atoms with Crippen molar-refractivity contribution in [3.05, 3.63) is 95.7 Å². The molecule has 67 heavy (non-hydrogen) atoms. The van der Waals surface area contributed by atoms with Crippen LogP contribution in [0.3, 0.4) is 0 Å². The third kappa shape index (κ3) is 12.6. The quantitative estimate of drug-likeness (QED) is 0.0321. The topological polar surface area (TPSA) is 214 Å². The molecule has 0 atom stereocenters. The molecule has 2 heterocycles. The van der Waals surface area contributed by atoms with Crippen LogP contribution < -0.4 is 30.9 Å². The monoisotopic (exact) mass is 980 g/mol. The minimum Gasteiger partial charge on any atom is -0.372 e. The summed E-state index contributed by atoms with van der Waals surface area (Å²) in [7, 11) is -8.86. The molecule has 1 aliphatic heterocycles. The average molecular weight is 981 g/mol. The Kier molecular flexibility index (Phi) is 15.2. The maximum Gasteiger partial charge on any atom is 0.416 e. The number of rotatable bonds is 13. The van der Waals surface area contributed by atoms with Gasteiger partial charge in [-0.2, -0.15) is 48.2 Å². The smallest absolute Gasteiger partial charge is 0.372 e. The molecule has 5 aromatic rings. The molecule has 0 amide bonds. The molecule has 1 aliphatic rings. The number of azo groups is 1. The zero-order valence-corrected chi connectivity index (χ0v) is 37.9. The standard InChI is InChI=1S/C42H46F6N10O7S2/c1-5-57(6-2)29-13-17-31(53-54-32-15-11-26(41(43,44)45)20-37(32)66(59,60)61)34(23-29)51-40-49-28-10-8-9-19-65-25-58(7-3)30-14-18-36(35(24-30)50-39(22-28)52-40)56(4)55-33-16-12-27(42(46,47)48)21-38(33)67(62,63)64/h11-18,20-24,55H,5-10,19,25H2,1-4H3,(H,59,60,61)(H,62,63,64)(H2,49,50,51,52). The van der Waals surface area contributed by atoms with Crippen molar-refractivity contribution >= 4 is 77.5 Å². The number of aromatic nitrogens is 2. The first kappa shape index (κ1) is 50.1. The Hall–Kier alpha value is -6.28. The molecule has 0 saturated carbocycles. The molecular weight excluding hydrogens is 935 g/mol. The third-order valence-electron chi connectivity index (χ3n) is 10.4. The van der Waals surface area contributed by atoms with E-state index >= 15 is 0 Å². The van der Waals surface area contributed by atoms with Crippen LogP contribution in [0.25, 0.3) is 0 Å². The molecular formula is C42H46F6N10O7S2. The number of halogens is 6. The number of nitrogens with one attached hydrogen (secondary N) is 3. The Morgan fingerprint density at radius 1 is 0.776 bits per heavy atom. The number of benzene rings is 4. The summed E-state index contributed by atoms with van der Waals surface area (Å²) in [5.74, 6) is 0.279. The molecule has 25 heteroatoms. The second-order valence-electron chi connectivity index (χ2n) is 15.0. The molecule has 0 saturated heterocycles. The van der Waals surface area contributed by atoms with Crippen LogP contribution in [0.2, 0.25) is 0 Å². The predicted molar refractivity (Wildman–Crippen MR) is 241 cm³/mol. The van der Waals surface area contributed by atoms with Crippen molar-refractivity contribution in [2.45, 2.75) is 62.2 Å². The third-order valence-corrected chi connectivity index (χ3v) is 12.2. The SMILES string of the molecule is CCN(CC)c1ccc(N=Nc2ccc(C(F)(F)F)cc2S(=O)(=O)O)c(Nc2nc3cc(n2)Nc2cc(ccc2N(C)Nc2ccc(C(F)(F)F)cc2S(=O)(=O)O)N(CC)COCCCC3)c1. The molecule has 4 aromatic carbocycles. The van der Waals surface area contributed by atoms with Gasteiger partial charge in [0, 0.05) is 56.4 Å². The van der Waals surface area contributed by atoms with Crippen LogP contribution in [0.4, 0.5) is 83.6 Å². The van der Waals surface area contributed by atoms with Gasteiger partial charge < -0.3 is 25.2 Å². The van der Waals surface area contributed by atoms with E-state index in [9.17, 15) is 52.3 Å². The highest BCUT2D eigenvalue weighted by atomic mass is 32.2. The minimum absolute atomic E-state index is 0.0339. The predicted octanol–water partition coefficient (Wildman–Crippen LogP) is 10.4. The Labute approximate surface area is 382 Å². The van der Waals surface area contributed by atoms with Gasteiger partial charge in [0.1, 0.15) is 33.7 Å². The molecule has 6 rings (SSSR count). The van der Waals surface area contributed by atoms with Crippen molar-refractivity contribution < 1.29 is 57.0 Å². The Bertz CT molecular complexity index is 2850. The van der Waals surface area contributed by atoms with Gasteiger partial charge in [0.25, 0.3) is 20.2 Å². The maximum atomic E-state index is 13.6. The Morgan fingerprint density at radius 3 is 2.06 bits per heavy atom. The summed E-state index contributed by atoms with van der Waals surface area (Å²) < 4.78 is 156. The van der Waals surface area contributed by atoms with Gasteiger partial charge in [0.05, 0.1) is 33.9 Å². The zero-order chi connectivity index (χ0) is 48.9. The van der Waals surface area contributed by atoms with E-state index in [1.165, 1.54) is 12.1 Å². The molecule has 360 valence electrons. The summed E-state index contributed by atoms with van der Waals surface area (Å²) in [5.41, 5.74) is 2.21. The second kappa shape index (κ2) is 20.3. The molecule has 0 unspecified atom stereocenters. The van der Waals surface area contributed by atoms with E-state index in [2.05, 4.69) is 26.3 Å². The summed E-state index contributed by atoms with van der Waals surface area (Å²) >= 11 is 0. The van der Waals surface area contributed by atoms with Crippen molar-refractivity contribution in [3.63, 3.8) is 0 Å². The molecule has 0 aliphatic carbocycles. The van der Waals surface area contributed by atoms with Crippen molar-refractivity contribution in [2.24, 2.45) is 10.2 Å². The van der Waals surface area contributed by atoms with Gasteiger partial charge in [-0.15, -0.1) is 10.2 Å². The highest BCUT2D eigenvalue weighted by Crippen LogP contribution is 2.40. The van der Waals surface area contributed by atoms with Gasteiger partial charge in [-0.25, -0.2) is 4.98 Å². The molecule has 0 radical (unpaired) electrons. The van der Waals surface area contributed by atoms with Gasteiger partial charge >= 0.3 is 12.4 Å². The van der Waals surface area contributed by atoms with E-state index in [1.54, 1.807) is 42.5 Å². The summed E-state index contributed by atoms with van der Waals surface area (Å²) in [6, 6.07) is 15.3. The lowest BCUT2D eigenvalue weighted by Crippen LogP contribution is -2.28. The number of fused-ring (bicyclic) bond motifs is 4. The summed E-state index contributed by atoms with van der Waals surface area (Å²) in [6.45, 7) is 8.19. The first-order valence-electron chi connectivity index (χ1n) is 20.6. The number of hydrazine groups is 1. The van der Waals surface area contributed by atoms with Crippen LogP contribution in [0.1, 0.15) is 50.4 Å². The lowest BCUT2D eigenvalue weighted by Gasteiger charge is -2.28. The fourth-order valence-electron chi connectivity index (χ4n) is 6.98. The summed E-state index contributed by atoms with van der Waals surface area (Å²) in [5, 5.41) is 15.9. The molecule has 4 bridgehead atoms. The van der Waals surface area contributed by atoms with Gasteiger partial charge in [-0.05, 0) is 113 Å². The van der Waals surface area contributed by atoms with E-state index in [4.69, 9.17) is 14.7 Å². The van der Waals surface area contributed by atoms with Crippen molar-refractivity contribution in [1.82, 2.24) is 9.97 Å². The van der Waals surface area contributed by atoms with Crippen LogP contribution in [0.5, 0.6) is 0 Å². The van der Waals surface area contributed by atoms with Crippen LogP contribution in [0, 0.1) is 0 Å². The largest absolute Gasteiger partial charge is 0.416 e. The Balaban J connectivity index is 1.44. The highest BCUT2D eigenvalue weighted by molar-refractivity contribution is 7.86. The fraction of sp³-hybridized carbons (Fsp3) is 0.333. The normalized spacial score (nSPS) is 14.1. The molecule has 0 spiro atoms. The number of aryl methyl sites for hydroxylation is 1. The van der Waals surface area contributed by atoms with Crippen LogP contribution in [0.15, 0.2) is 98.9 Å². The second-order valence-corrected chi connectivity index (χ2v) is 17.7. The summed E-state index contributed by atoms with van der Waals surface area (Å²) in [4.78, 5) is 11.3. The number of hydrogen-bond donors (Lipinski definition) is 5. The van der Waals surface area contributed by atoms with Crippen molar-refractivity contribution in [1.29, 1.82) is 0 Å². The van der Waals surface area contributed by atoms with Crippen molar-refractivity contribution in [2.75, 3.05) is 70.9 Å². The number of ether oxygens (including phenoxy) is 1. The van der Waals surface area contributed by atoms with Gasteiger partial charge in [0.15, 0.2) is 0 Å². The molecule has 5 N–H and O–H groups in total. The fourth-order valence-corrected chi connectivity index (χ4v) is 8.30. The van der Waals surface area contributed by atoms with E-state index in [-0.39, 0.29) is 41.6 Å². The number of anilines is 8. The first-order chi connectivity index (χ1) is 31.5. The lowest BCUT2D eigenvalue weighted by molar-refractivity contribution is -0.138. The van der Waals surface area contributed by atoms with E-state index in [0.717, 1.165) is 12.1 Å². The first-order valence-corrected chi connectivity index (χ1v) is 23.4. The van der Waals surface area contributed by atoms with Gasteiger partial charge in [0.2, 0.25) is 5.95 Å². The van der Waals surface area contributed by atoms with Gasteiger partial charge in [-0.1, -0.05) is 0 Å². The average Bonchev–Trinajstić information content (AvgIpc) is 3.24. The minimum atomic E-state index is -5.19. The van der Waals surface area contributed by atoms with Gasteiger partial charge in [-0.3, -0.25) is 19.5 Å². The van der Waals surface area contributed by atoms with Crippen molar-refractivity contribution in [3.8, 4) is 0 Å². The highest BCUT2D eigenvalue weighted by Gasteiger charge is 2.34. The van der Waals surface area contributed by atoms with E-state index in [1.807, 2.05) is 30.6 Å². The van der Waals surface area contributed by atoms with E-state index in [0.29, 0.717) is 92.1 Å². The van der Waals surface area contributed by atoms with Crippen LogP contribution in [-0.2, 0) is 43.7 Å². The molecule has 0 fully saturated rings.